The third-order valence-electron chi connectivity index (χ3n) is 5.75. The maximum atomic E-state index is 13.2. The fraction of sp³-hybridized carbons (Fsp3) is 0.185. The second-order valence-electron chi connectivity index (χ2n) is 8.23. The minimum Gasteiger partial charge on any atom is -0.462 e. The molecule has 8 heteroatoms. The molecule has 1 aromatic heterocycles. The maximum absolute atomic E-state index is 13.2. The molecule has 3 aromatic rings. The molecule has 0 unspecified atom stereocenters. The molecule has 8 nitrogen and oxygen atoms in total. The molecule has 0 radical (unpaired) electrons. The van der Waals surface area contributed by atoms with Gasteiger partial charge in [-0.2, -0.15) is 0 Å². The van der Waals surface area contributed by atoms with E-state index < -0.39 is 23.8 Å². The lowest BCUT2D eigenvalue weighted by Gasteiger charge is -2.26. The first-order valence-corrected chi connectivity index (χ1v) is 11.2. The van der Waals surface area contributed by atoms with Gasteiger partial charge in [-0.25, -0.2) is 14.5 Å². The molecule has 2 aromatic carbocycles. The van der Waals surface area contributed by atoms with Crippen LogP contribution in [0.4, 0.5) is 10.5 Å². The Hall–Kier alpha value is -4.46. The monoisotopic (exact) mass is 471 g/mol. The first-order chi connectivity index (χ1) is 16.7. The number of carbonyl (C=O) groups excluding carboxylic acids is 4. The Balaban J connectivity index is 1.74. The number of esters is 1. The first-order valence-electron chi connectivity index (χ1n) is 11.2. The highest BCUT2D eigenvalue weighted by atomic mass is 16.5. The van der Waals surface area contributed by atoms with Crippen LogP contribution in [0, 0.1) is 20.8 Å². The van der Waals surface area contributed by atoms with Gasteiger partial charge in [0, 0.05) is 17.1 Å². The predicted molar refractivity (Wildman–Crippen MR) is 131 cm³/mol. The van der Waals surface area contributed by atoms with Crippen molar-refractivity contribution in [3.05, 3.63) is 88.2 Å². The van der Waals surface area contributed by atoms with E-state index in [0.717, 1.165) is 27.5 Å². The van der Waals surface area contributed by atoms with Gasteiger partial charge in [0.1, 0.15) is 5.57 Å². The van der Waals surface area contributed by atoms with Crippen LogP contribution in [0.15, 0.2) is 60.2 Å². The summed E-state index contributed by atoms with van der Waals surface area (Å²) in [6.07, 6.45) is 1.49. The molecule has 1 N–H and O–H groups in total. The number of imide groups is 2. The number of aromatic nitrogens is 1. The van der Waals surface area contributed by atoms with Crippen LogP contribution in [0.1, 0.15) is 39.8 Å². The average Bonchev–Trinajstić information content (AvgIpc) is 3.09. The fourth-order valence-electron chi connectivity index (χ4n) is 4.13. The van der Waals surface area contributed by atoms with Crippen LogP contribution in [0.2, 0.25) is 0 Å². The van der Waals surface area contributed by atoms with Gasteiger partial charge in [-0.15, -0.1) is 0 Å². The summed E-state index contributed by atoms with van der Waals surface area (Å²) < 4.78 is 7.02. The van der Waals surface area contributed by atoms with E-state index in [1.807, 2.05) is 43.5 Å². The Bertz CT molecular complexity index is 1400. The first kappa shape index (κ1) is 23.7. The van der Waals surface area contributed by atoms with Crippen LogP contribution in [0.5, 0.6) is 0 Å². The van der Waals surface area contributed by atoms with Crippen molar-refractivity contribution in [1.29, 1.82) is 0 Å². The van der Waals surface area contributed by atoms with Crippen molar-refractivity contribution in [3.8, 4) is 5.69 Å². The van der Waals surface area contributed by atoms with Crippen molar-refractivity contribution >= 4 is 35.6 Å². The molecule has 4 amide bonds. The normalized spacial score (nSPS) is 14.9. The fourth-order valence-corrected chi connectivity index (χ4v) is 4.13. The Morgan fingerprint density at radius 3 is 2.40 bits per heavy atom. The number of carbonyl (C=O) groups is 4. The molecular formula is C27H25N3O5. The highest BCUT2D eigenvalue weighted by molar-refractivity contribution is 6.39. The van der Waals surface area contributed by atoms with Crippen LogP contribution in [-0.4, -0.2) is 35.0 Å². The summed E-state index contributed by atoms with van der Waals surface area (Å²) in [4.78, 5) is 51.5. The third-order valence-corrected chi connectivity index (χ3v) is 5.75. The van der Waals surface area contributed by atoms with E-state index in [9.17, 15) is 19.2 Å². The largest absolute Gasteiger partial charge is 0.462 e. The molecule has 0 spiro atoms. The molecule has 1 fully saturated rings. The molecule has 1 saturated heterocycles. The van der Waals surface area contributed by atoms with Gasteiger partial charge in [0.2, 0.25) is 0 Å². The molecule has 1 aliphatic rings. The lowest BCUT2D eigenvalue weighted by molar-refractivity contribution is -0.122. The lowest BCUT2D eigenvalue weighted by atomic mass is 10.1. The average molecular weight is 472 g/mol. The summed E-state index contributed by atoms with van der Waals surface area (Å²) in [5, 5.41) is 2.25. The number of barbiturate groups is 1. The van der Waals surface area contributed by atoms with Crippen molar-refractivity contribution in [2.75, 3.05) is 11.5 Å². The lowest BCUT2D eigenvalue weighted by Crippen LogP contribution is -2.54. The van der Waals surface area contributed by atoms with E-state index in [-0.39, 0.29) is 12.2 Å². The van der Waals surface area contributed by atoms with Gasteiger partial charge < -0.3 is 9.30 Å². The molecule has 1 aliphatic heterocycles. The number of hydrogen-bond acceptors (Lipinski definition) is 5. The quantitative estimate of drug-likeness (QED) is 0.341. The van der Waals surface area contributed by atoms with Crippen LogP contribution in [0.25, 0.3) is 11.8 Å². The second kappa shape index (κ2) is 9.42. The van der Waals surface area contributed by atoms with E-state index in [1.165, 1.54) is 6.08 Å². The molecule has 4 rings (SSSR count). The van der Waals surface area contributed by atoms with Crippen molar-refractivity contribution < 1.29 is 23.9 Å². The zero-order valence-electron chi connectivity index (χ0n) is 19.9. The van der Waals surface area contributed by atoms with Gasteiger partial charge in [-0.1, -0.05) is 18.2 Å². The van der Waals surface area contributed by atoms with Crippen LogP contribution >= 0.6 is 0 Å². The van der Waals surface area contributed by atoms with Gasteiger partial charge in [0.25, 0.3) is 11.8 Å². The Morgan fingerprint density at radius 2 is 1.69 bits per heavy atom. The van der Waals surface area contributed by atoms with Crippen molar-refractivity contribution in [2.45, 2.75) is 27.7 Å². The van der Waals surface area contributed by atoms with E-state index in [2.05, 4.69) is 5.32 Å². The van der Waals surface area contributed by atoms with Crippen LogP contribution in [-0.2, 0) is 14.3 Å². The Kier molecular flexibility index (Phi) is 6.38. The number of hydrogen-bond donors (Lipinski definition) is 1. The van der Waals surface area contributed by atoms with E-state index in [1.54, 1.807) is 43.3 Å². The summed E-state index contributed by atoms with van der Waals surface area (Å²) in [6, 6.07) is 15.0. The highest BCUT2D eigenvalue weighted by Crippen LogP contribution is 2.27. The molecule has 0 saturated carbocycles. The molecule has 2 heterocycles. The SMILES string of the molecule is CCOC(=O)c1cccc(-n2c(C)cc(/C=C3\C(=O)NC(=O)N(c4cccc(C)c4)C3=O)c2C)c1. The number of nitrogens with zero attached hydrogens (tertiary/aromatic N) is 2. The van der Waals surface area contributed by atoms with E-state index in [0.29, 0.717) is 16.8 Å². The van der Waals surface area contributed by atoms with Crippen LogP contribution < -0.4 is 10.2 Å². The maximum Gasteiger partial charge on any atom is 0.338 e. The summed E-state index contributed by atoms with van der Waals surface area (Å²) in [7, 11) is 0. The number of ether oxygens (including phenoxy) is 1. The summed E-state index contributed by atoms with van der Waals surface area (Å²) in [5.74, 6) is -1.86. The number of anilines is 1. The molecular weight excluding hydrogens is 446 g/mol. The Labute approximate surface area is 202 Å². The van der Waals surface area contributed by atoms with Crippen molar-refractivity contribution in [3.63, 3.8) is 0 Å². The zero-order valence-corrected chi connectivity index (χ0v) is 19.9. The third kappa shape index (κ3) is 4.50. The van der Waals surface area contributed by atoms with Gasteiger partial charge >= 0.3 is 12.0 Å². The van der Waals surface area contributed by atoms with Crippen molar-refractivity contribution in [2.24, 2.45) is 0 Å². The highest BCUT2D eigenvalue weighted by Gasteiger charge is 2.37. The van der Waals surface area contributed by atoms with E-state index in [4.69, 9.17) is 4.74 Å². The Morgan fingerprint density at radius 1 is 0.971 bits per heavy atom. The van der Waals surface area contributed by atoms with Gasteiger partial charge in [-0.05, 0) is 81.3 Å². The van der Waals surface area contributed by atoms with Gasteiger partial charge in [0.05, 0.1) is 17.9 Å². The van der Waals surface area contributed by atoms with Crippen molar-refractivity contribution in [1.82, 2.24) is 9.88 Å². The van der Waals surface area contributed by atoms with E-state index >= 15 is 0 Å². The minimum absolute atomic E-state index is 0.147. The second-order valence-corrected chi connectivity index (χ2v) is 8.23. The standard InChI is InChI=1S/C27H25N3O5/c1-5-35-26(33)19-9-7-11-22(14-19)29-17(3)13-20(18(29)4)15-23-24(31)28-27(34)30(25(23)32)21-10-6-8-16(2)12-21/h6-15H,5H2,1-4H3,(H,28,31,34)/b23-15+. The molecule has 0 atom stereocenters. The summed E-state index contributed by atoms with van der Waals surface area (Å²) in [5.41, 5.74) is 4.51. The number of nitrogens with one attached hydrogen (secondary N) is 1. The number of urea groups is 1. The predicted octanol–water partition coefficient (Wildman–Crippen LogP) is 4.25. The number of benzene rings is 2. The molecule has 0 aliphatic carbocycles. The zero-order chi connectivity index (χ0) is 25.3. The van der Waals surface area contributed by atoms with Gasteiger partial charge in [0.15, 0.2) is 0 Å². The van der Waals surface area contributed by atoms with Crippen LogP contribution in [0.3, 0.4) is 0 Å². The molecule has 35 heavy (non-hydrogen) atoms. The number of amides is 4. The summed E-state index contributed by atoms with van der Waals surface area (Å²) >= 11 is 0. The summed E-state index contributed by atoms with van der Waals surface area (Å²) in [6.45, 7) is 7.62. The molecule has 178 valence electrons. The number of rotatable bonds is 5. The minimum atomic E-state index is -0.788. The molecule has 0 bridgehead atoms. The van der Waals surface area contributed by atoms with Gasteiger partial charge in [-0.3, -0.25) is 14.9 Å². The smallest absolute Gasteiger partial charge is 0.338 e. The number of aryl methyl sites for hydroxylation is 2. The topological polar surface area (TPSA) is 97.7 Å².